The molecule has 0 saturated heterocycles. The first-order valence-corrected chi connectivity index (χ1v) is 8.96. The van der Waals surface area contributed by atoms with E-state index in [0.717, 1.165) is 6.20 Å². The van der Waals surface area contributed by atoms with Crippen molar-refractivity contribution in [2.45, 2.75) is 12.4 Å². The number of alkyl halides is 6. The first-order valence-electron chi connectivity index (χ1n) is 8.96. The zero-order valence-electron chi connectivity index (χ0n) is 16.1. The molecule has 0 spiro atoms. The van der Waals surface area contributed by atoms with Gasteiger partial charge in [0.15, 0.2) is 5.65 Å². The maximum absolute atomic E-state index is 13.5. The summed E-state index contributed by atoms with van der Waals surface area (Å²) in [6.07, 6.45) is -5.82. The summed E-state index contributed by atoms with van der Waals surface area (Å²) >= 11 is 0. The highest BCUT2D eigenvalue weighted by molar-refractivity contribution is 5.91. The van der Waals surface area contributed by atoms with E-state index in [1.807, 2.05) is 0 Å². The molecule has 0 aliphatic rings. The van der Waals surface area contributed by atoms with Crippen LogP contribution in [0.25, 0.3) is 22.4 Å². The van der Waals surface area contributed by atoms with Crippen LogP contribution in [-0.2, 0) is 12.4 Å². The minimum absolute atomic E-state index is 0.0451. The van der Waals surface area contributed by atoms with E-state index < -0.39 is 29.2 Å². The van der Waals surface area contributed by atoms with Crippen LogP contribution in [0.15, 0.2) is 49.1 Å². The van der Waals surface area contributed by atoms with E-state index >= 15 is 0 Å². The Labute approximate surface area is 180 Å². The summed E-state index contributed by atoms with van der Waals surface area (Å²) in [5.74, 6) is -0.132. The molecule has 4 aromatic rings. The number of pyridine rings is 3. The molecule has 0 amide bonds. The Bertz CT molecular complexity index is 1380. The van der Waals surface area contributed by atoms with Crippen LogP contribution in [0.3, 0.4) is 0 Å². The molecule has 0 aliphatic carbocycles. The number of rotatable bonds is 3. The molecular formula is C20H9F6N7. The molecule has 166 valence electrons. The summed E-state index contributed by atoms with van der Waals surface area (Å²) in [5, 5.41) is 12.0. The molecule has 0 unspecified atom stereocenters. The van der Waals surface area contributed by atoms with Gasteiger partial charge in [0.2, 0.25) is 5.95 Å². The van der Waals surface area contributed by atoms with E-state index in [0.29, 0.717) is 29.5 Å². The van der Waals surface area contributed by atoms with Gasteiger partial charge in [0.05, 0.1) is 28.1 Å². The molecule has 1 N–H and O–H groups in total. The third kappa shape index (κ3) is 4.49. The highest BCUT2D eigenvalue weighted by atomic mass is 19.4. The zero-order valence-corrected chi connectivity index (χ0v) is 16.1. The summed E-state index contributed by atoms with van der Waals surface area (Å²) in [4.78, 5) is 19.2. The number of fused-ring (bicyclic) bond motifs is 1. The van der Waals surface area contributed by atoms with Crippen LogP contribution < -0.4 is 5.32 Å². The Morgan fingerprint density at radius 1 is 0.848 bits per heavy atom. The lowest BCUT2D eigenvalue weighted by Gasteiger charge is -2.13. The quantitative estimate of drug-likeness (QED) is 0.422. The van der Waals surface area contributed by atoms with Crippen molar-refractivity contribution in [1.82, 2.24) is 24.9 Å². The van der Waals surface area contributed by atoms with Gasteiger partial charge in [-0.15, -0.1) is 0 Å². The van der Waals surface area contributed by atoms with Crippen molar-refractivity contribution in [3.8, 4) is 17.5 Å². The summed E-state index contributed by atoms with van der Waals surface area (Å²) in [6.45, 7) is 0. The lowest BCUT2D eigenvalue weighted by molar-refractivity contribution is -0.138. The average Bonchev–Trinajstić information content (AvgIpc) is 2.77. The van der Waals surface area contributed by atoms with E-state index in [1.165, 1.54) is 24.4 Å². The number of hydrogen-bond acceptors (Lipinski definition) is 7. The molecule has 0 radical (unpaired) electrons. The average molecular weight is 461 g/mol. The van der Waals surface area contributed by atoms with Gasteiger partial charge >= 0.3 is 12.4 Å². The fourth-order valence-electron chi connectivity index (χ4n) is 2.88. The van der Waals surface area contributed by atoms with Crippen LogP contribution in [0.1, 0.15) is 16.7 Å². The molecule has 7 nitrogen and oxygen atoms in total. The number of nitrogens with zero attached hydrogens (tertiary/aromatic N) is 6. The summed E-state index contributed by atoms with van der Waals surface area (Å²) < 4.78 is 78.5. The van der Waals surface area contributed by atoms with Crippen molar-refractivity contribution >= 4 is 22.7 Å². The highest BCUT2D eigenvalue weighted by Gasteiger charge is 2.35. The van der Waals surface area contributed by atoms with Crippen LogP contribution in [0.5, 0.6) is 0 Å². The molecule has 0 aliphatic heterocycles. The largest absolute Gasteiger partial charge is 0.419 e. The van der Waals surface area contributed by atoms with Crippen LogP contribution >= 0.6 is 0 Å². The van der Waals surface area contributed by atoms with E-state index in [4.69, 9.17) is 5.26 Å². The third-order valence-electron chi connectivity index (χ3n) is 4.39. The maximum atomic E-state index is 13.5. The fourth-order valence-corrected chi connectivity index (χ4v) is 2.88. The summed E-state index contributed by atoms with van der Waals surface area (Å²) in [7, 11) is 0. The second-order valence-corrected chi connectivity index (χ2v) is 6.57. The number of hydrogen-bond donors (Lipinski definition) is 1. The van der Waals surface area contributed by atoms with Crippen LogP contribution in [0.2, 0.25) is 0 Å². The van der Waals surface area contributed by atoms with Crippen molar-refractivity contribution in [2.24, 2.45) is 0 Å². The van der Waals surface area contributed by atoms with Gasteiger partial charge in [-0.1, -0.05) is 0 Å². The molecule has 33 heavy (non-hydrogen) atoms. The van der Waals surface area contributed by atoms with E-state index in [9.17, 15) is 26.3 Å². The predicted octanol–water partition coefficient (Wildman–Crippen LogP) is 5.13. The van der Waals surface area contributed by atoms with Crippen molar-refractivity contribution in [3.63, 3.8) is 0 Å². The molecule has 4 heterocycles. The van der Waals surface area contributed by atoms with Crippen molar-refractivity contribution in [2.75, 3.05) is 5.32 Å². The summed E-state index contributed by atoms with van der Waals surface area (Å²) in [6, 6.07) is 6.48. The number of nitriles is 1. The van der Waals surface area contributed by atoms with Gasteiger partial charge in [0, 0.05) is 30.2 Å². The molecule has 0 bridgehead atoms. The Balaban J connectivity index is 1.72. The third-order valence-corrected chi connectivity index (χ3v) is 4.39. The molecule has 0 atom stereocenters. The van der Waals surface area contributed by atoms with Crippen molar-refractivity contribution in [1.29, 1.82) is 5.26 Å². The minimum atomic E-state index is -4.78. The Hall–Kier alpha value is -4.34. The molecule has 13 heteroatoms. The minimum Gasteiger partial charge on any atom is -0.323 e. The molecule has 0 fully saturated rings. The number of nitrogens with one attached hydrogen (secondary N) is 1. The number of halogens is 6. The Kier molecular flexibility index (Phi) is 5.28. The molecule has 4 aromatic heterocycles. The highest BCUT2D eigenvalue weighted by Crippen LogP contribution is 2.36. The van der Waals surface area contributed by atoms with E-state index in [1.54, 1.807) is 6.07 Å². The zero-order chi connectivity index (χ0) is 23.8. The smallest absolute Gasteiger partial charge is 0.323 e. The first kappa shape index (κ1) is 21.9. The lowest BCUT2D eigenvalue weighted by atomic mass is 10.1. The van der Waals surface area contributed by atoms with Crippen LogP contribution in [0, 0.1) is 11.3 Å². The molecule has 0 aromatic carbocycles. The standard InChI is InChI=1S/C20H9F6N7/c21-19(22,23)11-8-30-18(31-9-11)33-14-3-4-28-17-12(14)1-2-15(32-17)16-13(20(24,25)26)5-10(6-27)7-29-16/h1-5,7-9H,(H,28,30,31,32,33). The number of anilines is 2. The molecule has 4 rings (SSSR count). The lowest BCUT2D eigenvalue weighted by Crippen LogP contribution is -2.10. The van der Waals surface area contributed by atoms with Gasteiger partial charge in [0.1, 0.15) is 11.8 Å². The van der Waals surface area contributed by atoms with Gasteiger partial charge in [-0.05, 0) is 24.3 Å². The van der Waals surface area contributed by atoms with E-state index in [2.05, 4.69) is 30.2 Å². The van der Waals surface area contributed by atoms with Gasteiger partial charge in [-0.3, -0.25) is 4.98 Å². The van der Waals surface area contributed by atoms with Crippen molar-refractivity contribution < 1.29 is 26.3 Å². The molecule has 0 saturated carbocycles. The number of aromatic nitrogens is 5. The monoisotopic (exact) mass is 461 g/mol. The molecular weight excluding hydrogens is 452 g/mol. The first-order chi connectivity index (χ1) is 15.6. The summed E-state index contributed by atoms with van der Waals surface area (Å²) in [5.41, 5.74) is -2.64. The Morgan fingerprint density at radius 2 is 1.58 bits per heavy atom. The van der Waals surface area contributed by atoms with Gasteiger partial charge < -0.3 is 5.32 Å². The Morgan fingerprint density at radius 3 is 2.21 bits per heavy atom. The topological polar surface area (TPSA) is 100 Å². The normalized spacial score (nSPS) is 11.9. The fraction of sp³-hybridized carbons (Fsp3) is 0.100. The predicted molar refractivity (Wildman–Crippen MR) is 103 cm³/mol. The van der Waals surface area contributed by atoms with Crippen molar-refractivity contribution in [3.05, 3.63) is 65.7 Å². The van der Waals surface area contributed by atoms with Crippen LogP contribution in [0.4, 0.5) is 38.0 Å². The second-order valence-electron chi connectivity index (χ2n) is 6.57. The SMILES string of the molecule is N#Cc1cnc(-c2ccc3c(Nc4ncc(C(F)(F)F)cn4)ccnc3n2)c(C(F)(F)F)c1. The van der Waals surface area contributed by atoms with Gasteiger partial charge in [-0.2, -0.15) is 31.6 Å². The van der Waals surface area contributed by atoms with Gasteiger partial charge in [-0.25, -0.2) is 19.9 Å². The maximum Gasteiger partial charge on any atom is 0.419 e. The van der Waals surface area contributed by atoms with Gasteiger partial charge in [0.25, 0.3) is 0 Å². The van der Waals surface area contributed by atoms with E-state index in [-0.39, 0.29) is 22.9 Å². The van der Waals surface area contributed by atoms with Crippen LogP contribution in [-0.4, -0.2) is 24.9 Å². The second kappa shape index (κ2) is 7.97.